The highest BCUT2D eigenvalue weighted by Gasteiger charge is 2.09. The molecule has 2 unspecified atom stereocenters. The molecule has 0 saturated heterocycles. The number of aliphatic hydroxyl groups is 1. The molecule has 1 aromatic carbocycles. The van der Waals surface area contributed by atoms with Crippen LogP contribution in [-0.4, -0.2) is 30.4 Å². The van der Waals surface area contributed by atoms with Gasteiger partial charge < -0.3 is 20.5 Å². The summed E-state index contributed by atoms with van der Waals surface area (Å²) in [7, 11) is 0. The van der Waals surface area contributed by atoms with E-state index in [1.807, 2.05) is 38.1 Å². The van der Waals surface area contributed by atoms with Crippen molar-refractivity contribution < 1.29 is 14.6 Å². The van der Waals surface area contributed by atoms with Gasteiger partial charge in [0.05, 0.1) is 18.8 Å². The summed E-state index contributed by atoms with van der Waals surface area (Å²) in [5, 5.41) is 14.7. The first-order valence-corrected chi connectivity index (χ1v) is 6.98. The number of rotatable bonds is 7. The lowest BCUT2D eigenvalue weighted by Crippen LogP contribution is -2.38. The van der Waals surface area contributed by atoms with Gasteiger partial charge in [-0.1, -0.05) is 12.1 Å². The minimum absolute atomic E-state index is 0.0859. The van der Waals surface area contributed by atoms with Crippen molar-refractivity contribution in [3.05, 3.63) is 29.8 Å². The molecule has 2 amide bonds. The van der Waals surface area contributed by atoms with Crippen LogP contribution in [0.5, 0.6) is 5.75 Å². The smallest absolute Gasteiger partial charge is 0.315 e. The van der Waals surface area contributed by atoms with Gasteiger partial charge in [-0.05, 0) is 44.9 Å². The summed E-state index contributed by atoms with van der Waals surface area (Å²) in [6.07, 6.45) is 0.143. The highest BCUT2D eigenvalue weighted by atomic mass is 16.5. The highest BCUT2D eigenvalue weighted by molar-refractivity contribution is 5.74. The molecule has 0 saturated carbocycles. The van der Waals surface area contributed by atoms with Gasteiger partial charge in [-0.15, -0.1) is 0 Å². The van der Waals surface area contributed by atoms with Crippen LogP contribution < -0.4 is 15.4 Å². The Morgan fingerprint density at radius 1 is 1.30 bits per heavy atom. The van der Waals surface area contributed by atoms with E-state index in [-0.39, 0.29) is 12.1 Å². The Balaban J connectivity index is 2.41. The Kier molecular flexibility index (Phi) is 6.87. The fraction of sp³-hybridized carbons (Fsp3) is 0.533. The Hall–Kier alpha value is -1.75. The molecule has 0 aliphatic heterocycles. The molecule has 0 aliphatic carbocycles. The Bertz CT molecular complexity index is 404. The lowest BCUT2D eigenvalue weighted by atomic mass is 10.1. The molecule has 112 valence electrons. The second-order valence-electron chi connectivity index (χ2n) is 4.76. The molecule has 3 N–H and O–H groups in total. The first-order valence-electron chi connectivity index (χ1n) is 6.98. The fourth-order valence-corrected chi connectivity index (χ4v) is 1.74. The van der Waals surface area contributed by atoms with Crippen molar-refractivity contribution in [2.24, 2.45) is 0 Å². The minimum Gasteiger partial charge on any atom is -0.494 e. The van der Waals surface area contributed by atoms with E-state index in [2.05, 4.69) is 10.6 Å². The monoisotopic (exact) mass is 280 g/mol. The quantitative estimate of drug-likeness (QED) is 0.717. The van der Waals surface area contributed by atoms with Gasteiger partial charge in [-0.3, -0.25) is 0 Å². The van der Waals surface area contributed by atoms with Crippen molar-refractivity contribution in [1.82, 2.24) is 10.6 Å². The summed E-state index contributed by atoms with van der Waals surface area (Å²) in [6, 6.07) is 7.34. The number of hydrogen-bond donors (Lipinski definition) is 3. The Labute approximate surface area is 120 Å². The summed E-state index contributed by atoms with van der Waals surface area (Å²) in [4.78, 5) is 11.6. The number of benzene rings is 1. The van der Waals surface area contributed by atoms with E-state index in [1.54, 1.807) is 6.92 Å². The molecule has 1 rings (SSSR count). The highest BCUT2D eigenvalue weighted by Crippen LogP contribution is 2.17. The maximum Gasteiger partial charge on any atom is 0.315 e. The molecular weight excluding hydrogens is 256 g/mol. The lowest BCUT2D eigenvalue weighted by molar-refractivity contribution is 0.183. The van der Waals surface area contributed by atoms with Gasteiger partial charge in [0.15, 0.2) is 0 Å². The average molecular weight is 280 g/mol. The number of carbonyl (C=O) groups excluding carboxylic acids is 1. The third-order valence-electron chi connectivity index (χ3n) is 2.89. The third kappa shape index (κ3) is 5.93. The number of amides is 2. The molecule has 0 fully saturated rings. The molecule has 0 bridgehead atoms. The molecule has 0 aromatic heterocycles. The third-order valence-corrected chi connectivity index (χ3v) is 2.89. The van der Waals surface area contributed by atoms with Gasteiger partial charge in [0.1, 0.15) is 5.75 Å². The van der Waals surface area contributed by atoms with E-state index in [0.29, 0.717) is 19.6 Å². The zero-order chi connectivity index (χ0) is 15.0. The molecule has 1 aromatic rings. The largest absolute Gasteiger partial charge is 0.494 e. The summed E-state index contributed by atoms with van der Waals surface area (Å²) >= 11 is 0. The summed E-state index contributed by atoms with van der Waals surface area (Å²) in [5.74, 6) is 0.824. The number of carbonyl (C=O) groups is 1. The van der Waals surface area contributed by atoms with Crippen LogP contribution in [0.1, 0.15) is 38.8 Å². The van der Waals surface area contributed by atoms with Gasteiger partial charge in [0.2, 0.25) is 0 Å². The Morgan fingerprint density at radius 2 is 1.95 bits per heavy atom. The van der Waals surface area contributed by atoms with Crippen LogP contribution in [-0.2, 0) is 0 Å². The molecule has 0 aliphatic rings. The van der Waals surface area contributed by atoms with Gasteiger partial charge in [0, 0.05) is 6.54 Å². The Morgan fingerprint density at radius 3 is 2.50 bits per heavy atom. The van der Waals surface area contributed by atoms with Crippen molar-refractivity contribution in [2.75, 3.05) is 13.2 Å². The standard InChI is InChI=1S/C15H24N2O3/c1-4-20-14-7-5-13(6-8-14)12(3)17-15(19)16-10-9-11(2)18/h5-8,11-12,18H,4,9-10H2,1-3H3,(H2,16,17,19). The van der Waals surface area contributed by atoms with Gasteiger partial charge in [-0.25, -0.2) is 4.79 Å². The molecule has 0 radical (unpaired) electrons. The molecule has 5 heteroatoms. The number of urea groups is 1. The average Bonchev–Trinajstić information content (AvgIpc) is 2.39. The summed E-state index contributed by atoms with van der Waals surface area (Å²) in [5.41, 5.74) is 1.01. The van der Waals surface area contributed by atoms with Crippen molar-refractivity contribution in [3.8, 4) is 5.75 Å². The lowest BCUT2D eigenvalue weighted by Gasteiger charge is -2.16. The first-order chi connectivity index (χ1) is 9.52. The van der Waals surface area contributed by atoms with Crippen molar-refractivity contribution in [2.45, 2.75) is 39.3 Å². The molecule has 0 spiro atoms. The normalized spacial score (nSPS) is 13.4. The van der Waals surface area contributed by atoms with Gasteiger partial charge in [-0.2, -0.15) is 0 Å². The van der Waals surface area contributed by atoms with Crippen molar-refractivity contribution in [3.63, 3.8) is 0 Å². The first kappa shape index (κ1) is 16.3. The maximum atomic E-state index is 11.6. The van der Waals surface area contributed by atoms with Crippen LogP contribution in [0.3, 0.4) is 0 Å². The van der Waals surface area contributed by atoms with Gasteiger partial charge >= 0.3 is 6.03 Å². The number of aliphatic hydroxyl groups excluding tert-OH is 1. The molecule has 20 heavy (non-hydrogen) atoms. The summed E-state index contributed by atoms with van der Waals surface area (Å²) < 4.78 is 5.37. The molecule has 2 atom stereocenters. The zero-order valence-electron chi connectivity index (χ0n) is 12.3. The minimum atomic E-state index is -0.404. The zero-order valence-corrected chi connectivity index (χ0v) is 12.3. The number of nitrogens with one attached hydrogen (secondary N) is 2. The maximum absolute atomic E-state index is 11.6. The number of ether oxygens (including phenoxy) is 1. The number of hydrogen-bond acceptors (Lipinski definition) is 3. The topological polar surface area (TPSA) is 70.6 Å². The van der Waals surface area contributed by atoms with Crippen LogP contribution in [0.4, 0.5) is 4.79 Å². The predicted octanol–water partition coefficient (Wildman–Crippen LogP) is 2.22. The van der Waals surface area contributed by atoms with Crippen LogP contribution >= 0.6 is 0 Å². The van der Waals surface area contributed by atoms with E-state index < -0.39 is 6.10 Å². The summed E-state index contributed by atoms with van der Waals surface area (Å²) in [6.45, 7) is 6.65. The molecular formula is C15H24N2O3. The van der Waals surface area contributed by atoms with Crippen molar-refractivity contribution >= 4 is 6.03 Å². The predicted molar refractivity (Wildman–Crippen MR) is 78.9 cm³/mol. The van der Waals surface area contributed by atoms with Gasteiger partial charge in [0.25, 0.3) is 0 Å². The van der Waals surface area contributed by atoms with Crippen LogP contribution in [0.15, 0.2) is 24.3 Å². The molecule has 5 nitrogen and oxygen atoms in total. The van der Waals surface area contributed by atoms with E-state index in [9.17, 15) is 4.79 Å². The van der Waals surface area contributed by atoms with Crippen molar-refractivity contribution in [1.29, 1.82) is 0 Å². The van der Waals surface area contributed by atoms with E-state index in [0.717, 1.165) is 11.3 Å². The fourth-order valence-electron chi connectivity index (χ4n) is 1.74. The molecule has 0 heterocycles. The van der Waals surface area contributed by atoms with Crippen LogP contribution in [0.25, 0.3) is 0 Å². The van der Waals surface area contributed by atoms with E-state index >= 15 is 0 Å². The van der Waals surface area contributed by atoms with Crippen LogP contribution in [0.2, 0.25) is 0 Å². The SMILES string of the molecule is CCOc1ccc(C(C)NC(=O)NCCC(C)O)cc1. The van der Waals surface area contributed by atoms with E-state index in [4.69, 9.17) is 9.84 Å². The second kappa shape index (κ2) is 8.43. The van der Waals surface area contributed by atoms with Crippen LogP contribution in [0, 0.1) is 0 Å². The second-order valence-corrected chi connectivity index (χ2v) is 4.76. The van der Waals surface area contributed by atoms with E-state index in [1.165, 1.54) is 0 Å².